The molecule has 0 radical (unpaired) electrons. The normalized spacial score (nSPS) is 17.3. The number of anilines is 1. The van der Waals surface area contributed by atoms with Crippen LogP contribution in [0.1, 0.15) is 57.4 Å². The molecule has 0 aliphatic carbocycles. The molecule has 3 rings (SSSR count). The van der Waals surface area contributed by atoms with Crippen LogP contribution in [0, 0.1) is 12.8 Å². The van der Waals surface area contributed by atoms with Gasteiger partial charge in [-0.25, -0.2) is 0 Å². The molecule has 0 saturated carbocycles. The summed E-state index contributed by atoms with van der Waals surface area (Å²) in [5.74, 6) is -1.68. The van der Waals surface area contributed by atoms with Crippen LogP contribution in [-0.2, 0) is 15.0 Å². The third-order valence-corrected chi connectivity index (χ3v) is 5.93. The molecule has 1 amide bonds. The number of halogens is 1. The van der Waals surface area contributed by atoms with Gasteiger partial charge in [0, 0.05) is 16.6 Å². The summed E-state index contributed by atoms with van der Waals surface area (Å²) in [6.45, 7) is 11.8. The molecule has 2 aromatic carbocycles. The summed E-state index contributed by atoms with van der Waals surface area (Å²) in [6, 6.07) is 12.5. The zero-order chi connectivity index (χ0) is 22.4. The van der Waals surface area contributed by atoms with Gasteiger partial charge < -0.3 is 5.11 Å². The number of aryl methyl sites for hydroxylation is 1. The highest BCUT2D eigenvalue weighted by molar-refractivity contribution is 6.31. The van der Waals surface area contributed by atoms with Crippen molar-refractivity contribution < 1.29 is 14.7 Å². The van der Waals surface area contributed by atoms with Crippen molar-refractivity contribution in [1.29, 1.82) is 0 Å². The van der Waals surface area contributed by atoms with Crippen molar-refractivity contribution >= 4 is 29.0 Å². The van der Waals surface area contributed by atoms with Crippen LogP contribution < -0.4 is 4.90 Å². The zero-order valence-corrected chi connectivity index (χ0v) is 19.0. The number of ketones is 1. The second kappa shape index (κ2) is 7.92. The van der Waals surface area contributed by atoms with Crippen LogP contribution >= 0.6 is 11.6 Å². The molecule has 0 fully saturated rings. The van der Waals surface area contributed by atoms with Gasteiger partial charge >= 0.3 is 0 Å². The molecule has 1 atom stereocenters. The number of carbonyl (C=O) groups is 2. The minimum atomic E-state index is -0.708. The maximum atomic E-state index is 13.1. The van der Waals surface area contributed by atoms with Crippen LogP contribution in [-0.4, -0.2) is 16.8 Å². The monoisotopic (exact) mass is 425 g/mol. The molecule has 1 N–H and O–H groups in total. The quantitative estimate of drug-likeness (QED) is 0.646. The van der Waals surface area contributed by atoms with E-state index in [0.717, 1.165) is 16.7 Å². The van der Waals surface area contributed by atoms with Gasteiger partial charge in [0.1, 0.15) is 0 Å². The SMILES string of the molecule is Cc1ccc(N2C(=O)C(O)=C(C(=O)C(C)C)C2c2ccc(C(C)(C)C)cc2)cc1Cl. The topological polar surface area (TPSA) is 57.6 Å². The Bertz CT molecular complexity index is 1030. The first kappa shape index (κ1) is 22.1. The minimum absolute atomic E-state index is 0.0250. The lowest BCUT2D eigenvalue weighted by Gasteiger charge is -2.28. The average Bonchev–Trinajstić information content (AvgIpc) is 2.94. The van der Waals surface area contributed by atoms with E-state index in [1.807, 2.05) is 37.3 Å². The van der Waals surface area contributed by atoms with Crippen LogP contribution in [0.5, 0.6) is 0 Å². The largest absolute Gasteiger partial charge is 0.503 e. The van der Waals surface area contributed by atoms with Crippen molar-refractivity contribution in [2.45, 2.75) is 53.0 Å². The number of Topliss-reactive ketones (excluding diaryl/α,β-unsaturated/α-hetero) is 1. The highest BCUT2D eigenvalue weighted by atomic mass is 35.5. The number of amides is 1. The second-order valence-corrected chi connectivity index (χ2v) is 9.57. The molecule has 2 aromatic rings. The second-order valence-electron chi connectivity index (χ2n) is 9.16. The van der Waals surface area contributed by atoms with Gasteiger partial charge in [-0.15, -0.1) is 0 Å². The smallest absolute Gasteiger partial charge is 0.294 e. The Morgan fingerprint density at radius 3 is 2.20 bits per heavy atom. The van der Waals surface area contributed by atoms with Crippen molar-refractivity contribution in [3.8, 4) is 0 Å². The number of rotatable bonds is 4. The lowest BCUT2D eigenvalue weighted by molar-refractivity contribution is -0.119. The Kier molecular flexibility index (Phi) is 5.83. The Balaban J connectivity index is 2.18. The summed E-state index contributed by atoms with van der Waals surface area (Å²) in [5, 5.41) is 11.2. The Hall–Kier alpha value is -2.59. The number of aliphatic hydroxyl groups excluding tert-OH is 1. The molecular weight excluding hydrogens is 398 g/mol. The first-order chi connectivity index (χ1) is 13.9. The van der Waals surface area contributed by atoms with Gasteiger partial charge in [-0.2, -0.15) is 0 Å². The predicted molar refractivity (Wildman–Crippen MR) is 121 cm³/mol. The molecule has 1 unspecified atom stereocenters. The molecule has 0 spiro atoms. The highest BCUT2D eigenvalue weighted by Gasteiger charge is 2.44. The van der Waals surface area contributed by atoms with E-state index in [-0.39, 0.29) is 22.7 Å². The molecular formula is C25H28ClNO3. The predicted octanol–water partition coefficient (Wildman–Crippen LogP) is 6.07. The molecule has 1 heterocycles. The van der Waals surface area contributed by atoms with Gasteiger partial charge in [0.15, 0.2) is 11.5 Å². The third-order valence-electron chi connectivity index (χ3n) is 5.52. The maximum absolute atomic E-state index is 13.1. The fourth-order valence-corrected chi connectivity index (χ4v) is 3.82. The number of benzene rings is 2. The van der Waals surface area contributed by atoms with E-state index in [4.69, 9.17) is 11.6 Å². The van der Waals surface area contributed by atoms with E-state index < -0.39 is 17.7 Å². The summed E-state index contributed by atoms with van der Waals surface area (Å²) < 4.78 is 0. The number of nitrogens with zero attached hydrogens (tertiary/aromatic N) is 1. The Morgan fingerprint density at radius 2 is 1.70 bits per heavy atom. The van der Waals surface area contributed by atoms with Crippen molar-refractivity contribution in [3.05, 3.63) is 75.5 Å². The number of hydrogen-bond donors (Lipinski definition) is 1. The Labute approximate surface area is 183 Å². The lowest BCUT2D eigenvalue weighted by atomic mass is 9.85. The van der Waals surface area contributed by atoms with Crippen LogP contribution in [0.4, 0.5) is 5.69 Å². The van der Waals surface area contributed by atoms with E-state index in [2.05, 4.69) is 20.8 Å². The summed E-state index contributed by atoms with van der Waals surface area (Å²) >= 11 is 6.31. The number of carbonyl (C=O) groups excluding carboxylic acids is 2. The molecule has 30 heavy (non-hydrogen) atoms. The molecule has 0 saturated heterocycles. The van der Waals surface area contributed by atoms with Crippen molar-refractivity contribution in [1.82, 2.24) is 0 Å². The summed E-state index contributed by atoms with van der Waals surface area (Å²) in [5.41, 5.74) is 3.44. The average molecular weight is 426 g/mol. The summed E-state index contributed by atoms with van der Waals surface area (Å²) in [4.78, 5) is 27.5. The summed E-state index contributed by atoms with van der Waals surface area (Å²) in [7, 11) is 0. The Morgan fingerprint density at radius 1 is 1.10 bits per heavy atom. The maximum Gasteiger partial charge on any atom is 0.294 e. The molecule has 5 heteroatoms. The van der Waals surface area contributed by atoms with Gasteiger partial charge in [0.2, 0.25) is 0 Å². The molecule has 0 aromatic heterocycles. The van der Waals surface area contributed by atoms with Crippen LogP contribution in [0.15, 0.2) is 53.8 Å². The van der Waals surface area contributed by atoms with Gasteiger partial charge in [0.05, 0.1) is 11.6 Å². The van der Waals surface area contributed by atoms with Crippen molar-refractivity contribution in [3.63, 3.8) is 0 Å². The standard InChI is InChI=1S/C25H28ClNO3/c1-14(2)22(28)20-21(16-8-10-17(11-9-16)25(4,5)6)27(24(30)23(20)29)18-12-7-15(3)19(26)13-18/h7-14,21,29H,1-6H3. The zero-order valence-electron chi connectivity index (χ0n) is 18.3. The molecule has 0 bridgehead atoms. The van der Waals surface area contributed by atoms with Gasteiger partial charge in [-0.3, -0.25) is 14.5 Å². The third kappa shape index (κ3) is 3.89. The summed E-state index contributed by atoms with van der Waals surface area (Å²) in [6.07, 6.45) is 0. The molecule has 158 valence electrons. The van der Waals surface area contributed by atoms with E-state index in [9.17, 15) is 14.7 Å². The van der Waals surface area contributed by atoms with Crippen LogP contribution in [0.2, 0.25) is 5.02 Å². The van der Waals surface area contributed by atoms with Gasteiger partial charge in [0.25, 0.3) is 5.91 Å². The van der Waals surface area contributed by atoms with E-state index in [1.54, 1.807) is 26.0 Å². The fourth-order valence-electron chi connectivity index (χ4n) is 3.65. The first-order valence-electron chi connectivity index (χ1n) is 10.1. The van der Waals surface area contributed by atoms with Crippen LogP contribution in [0.3, 0.4) is 0 Å². The van der Waals surface area contributed by atoms with Crippen molar-refractivity contribution in [2.24, 2.45) is 5.92 Å². The van der Waals surface area contributed by atoms with Gasteiger partial charge in [-0.05, 0) is 41.2 Å². The molecule has 1 aliphatic rings. The minimum Gasteiger partial charge on any atom is -0.503 e. The first-order valence-corrected chi connectivity index (χ1v) is 10.5. The van der Waals surface area contributed by atoms with E-state index in [1.165, 1.54) is 4.90 Å². The highest BCUT2D eigenvalue weighted by Crippen LogP contribution is 2.43. The number of aliphatic hydroxyl groups is 1. The lowest BCUT2D eigenvalue weighted by Crippen LogP contribution is -2.31. The fraction of sp³-hybridized carbons (Fsp3) is 0.360. The van der Waals surface area contributed by atoms with Crippen LogP contribution in [0.25, 0.3) is 0 Å². The molecule has 4 nitrogen and oxygen atoms in total. The van der Waals surface area contributed by atoms with Gasteiger partial charge in [-0.1, -0.05) is 76.6 Å². The van der Waals surface area contributed by atoms with E-state index in [0.29, 0.717) is 10.7 Å². The van der Waals surface area contributed by atoms with E-state index >= 15 is 0 Å². The van der Waals surface area contributed by atoms with Crippen molar-refractivity contribution in [2.75, 3.05) is 4.90 Å². The number of hydrogen-bond acceptors (Lipinski definition) is 3. The molecule has 1 aliphatic heterocycles.